The molecule has 0 saturated carbocycles. The van der Waals surface area contributed by atoms with Crippen molar-refractivity contribution in [3.63, 3.8) is 0 Å². The third kappa shape index (κ3) is 3.04. The van der Waals surface area contributed by atoms with Gasteiger partial charge in [-0.25, -0.2) is 0 Å². The molecule has 2 amide bonds. The van der Waals surface area contributed by atoms with Crippen LogP contribution in [0.3, 0.4) is 0 Å². The fraction of sp³-hybridized carbons (Fsp3) is 0.421. The van der Waals surface area contributed by atoms with Crippen LogP contribution in [0, 0.1) is 6.92 Å². The summed E-state index contributed by atoms with van der Waals surface area (Å²) in [5, 5.41) is 7.21. The highest BCUT2D eigenvalue weighted by Gasteiger charge is 2.36. The molecule has 1 aromatic heterocycles. The Bertz CT molecular complexity index is 813. The predicted octanol–water partition coefficient (Wildman–Crippen LogP) is 2.31. The van der Waals surface area contributed by atoms with Crippen molar-refractivity contribution < 1.29 is 9.59 Å². The van der Waals surface area contributed by atoms with Gasteiger partial charge in [-0.2, -0.15) is 5.10 Å². The number of likely N-dealkylation sites (tertiary alicyclic amines) is 1. The highest BCUT2D eigenvalue weighted by atomic mass is 16.2. The van der Waals surface area contributed by atoms with Gasteiger partial charge in [0, 0.05) is 24.8 Å². The molecule has 130 valence electrons. The molecule has 0 radical (unpaired) electrons. The van der Waals surface area contributed by atoms with Gasteiger partial charge in [-0.3, -0.25) is 14.3 Å². The Morgan fingerprint density at radius 3 is 3.00 bits per heavy atom. The van der Waals surface area contributed by atoms with Crippen molar-refractivity contribution in [1.29, 1.82) is 0 Å². The Balaban J connectivity index is 1.46. The van der Waals surface area contributed by atoms with Crippen LogP contribution in [0.25, 0.3) is 0 Å². The Kier molecular flexibility index (Phi) is 4.03. The molecule has 2 aromatic rings. The number of carbonyl (C=O) groups excluding carboxylic acids is 2. The van der Waals surface area contributed by atoms with Crippen LogP contribution in [0.15, 0.2) is 36.7 Å². The van der Waals surface area contributed by atoms with E-state index in [1.54, 1.807) is 0 Å². The summed E-state index contributed by atoms with van der Waals surface area (Å²) in [6.07, 6.45) is 6.06. The maximum Gasteiger partial charge on any atom is 0.232 e. The lowest BCUT2D eigenvalue weighted by Gasteiger charge is -2.25. The third-order valence-electron chi connectivity index (χ3n) is 5.15. The van der Waals surface area contributed by atoms with Crippen molar-refractivity contribution in [2.45, 2.75) is 44.7 Å². The van der Waals surface area contributed by atoms with Gasteiger partial charge in [0.05, 0.1) is 24.7 Å². The minimum atomic E-state index is -0.378. The Hall–Kier alpha value is -2.63. The first-order chi connectivity index (χ1) is 12.1. The maximum atomic E-state index is 12.9. The highest BCUT2D eigenvalue weighted by molar-refractivity contribution is 6.04. The van der Waals surface area contributed by atoms with Crippen LogP contribution in [0.2, 0.25) is 0 Å². The lowest BCUT2D eigenvalue weighted by Crippen LogP contribution is -2.39. The summed E-state index contributed by atoms with van der Waals surface area (Å²) in [5.74, 6) is -0.395. The van der Waals surface area contributed by atoms with Crippen LogP contribution in [0.5, 0.6) is 0 Å². The summed E-state index contributed by atoms with van der Waals surface area (Å²) >= 11 is 0. The number of hydrogen-bond donors (Lipinski definition) is 1. The Labute approximate surface area is 146 Å². The van der Waals surface area contributed by atoms with Crippen molar-refractivity contribution >= 4 is 17.5 Å². The van der Waals surface area contributed by atoms with Gasteiger partial charge in [-0.1, -0.05) is 18.2 Å². The number of carbonyl (C=O) groups is 2. The first-order valence-electron chi connectivity index (χ1n) is 8.80. The van der Waals surface area contributed by atoms with Gasteiger partial charge in [0.15, 0.2) is 0 Å². The SMILES string of the molecule is Cc1cnn(CC2CCCN2C(=O)CC2C(=O)Nc3ccccc32)c1. The number of para-hydroxylation sites is 1. The number of hydrogen-bond acceptors (Lipinski definition) is 3. The average Bonchev–Trinajstić information content (AvgIpc) is 3.29. The molecule has 0 aliphatic carbocycles. The lowest BCUT2D eigenvalue weighted by atomic mass is 9.96. The number of anilines is 1. The molecule has 4 rings (SSSR count). The normalized spacial score (nSPS) is 22.1. The molecule has 6 nitrogen and oxygen atoms in total. The topological polar surface area (TPSA) is 67.2 Å². The second kappa shape index (κ2) is 6.35. The van der Waals surface area contributed by atoms with Crippen molar-refractivity contribution in [3.05, 3.63) is 47.8 Å². The van der Waals surface area contributed by atoms with Crippen molar-refractivity contribution in [1.82, 2.24) is 14.7 Å². The number of benzene rings is 1. The standard InChI is InChI=1S/C19H22N4O2/c1-13-10-20-22(11-13)12-14-5-4-8-23(14)18(24)9-16-15-6-2-3-7-17(15)21-19(16)25/h2-3,6-7,10-11,14,16H,4-5,8-9,12H2,1H3,(H,21,25). The summed E-state index contributed by atoms with van der Waals surface area (Å²) in [4.78, 5) is 27.1. The first-order valence-corrected chi connectivity index (χ1v) is 8.80. The fourth-order valence-corrected chi connectivity index (χ4v) is 3.91. The third-order valence-corrected chi connectivity index (χ3v) is 5.15. The van der Waals surface area contributed by atoms with Crippen molar-refractivity contribution in [2.24, 2.45) is 0 Å². The number of aromatic nitrogens is 2. The van der Waals surface area contributed by atoms with E-state index >= 15 is 0 Å². The van der Waals surface area contributed by atoms with Crippen LogP contribution < -0.4 is 5.32 Å². The second-order valence-electron chi connectivity index (χ2n) is 6.96. The number of aryl methyl sites for hydroxylation is 1. The van der Waals surface area contributed by atoms with Gasteiger partial charge >= 0.3 is 0 Å². The van der Waals surface area contributed by atoms with E-state index in [9.17, 15) is 9.59 Å². The van der Waals surface area contributed by atoms with E-state index in [0.717, 1.165) is 36.2 Å². The van der Waals surface area contributed by atoms with Crippen LogP contribution >= 0.6 is 0 Å². The van der Waals surface area contributed by atoms with E-state index in [1.165, 1.54) is 0 Å². The molecule has 3 heterocycles. The number of amides is 2. The minimum Gasteiger partial charge on any atom is -0.338 e. The molecule has 2 atom stereocenters. The molecule has 25 heavy (non-hydrogen) atoms. The fourth-order valence-electron chi connectivity index (χ4n) is 3.91. The molecule has 2 aliphatic heterocycles. The van der Waals surface area contributed by atoms with Crippen LogP contribution in [-0.2, 0) is 16.1 Å². The molecule has 1 fully saturated rings. The zero-order valence-electron chi connectivity index (χ0n) is 14.3. The molecular weight excluding hydrogens is 316 g/mol. The van der Waals surface area contributed by atoms with Crippen molar-refractivity contribution in [2.75, 3.05) is 11.9 Å². The largest absolute Gasteiger partial charge is 0.338 e. The van der Waals surface area contributed by atoms with Crippen molar-refractivity contribution in [3.8, 4) is 0 Å². The lowest BCUT2D eigenvalue weighted by molar-refractivity contribution is -0.134. The van der Waals surface area contributed by atoms with Crippen LogP contribution in [0.1, 0.15) is 36.3 Å². The first kappa shape index (κ1) is 15.9. The summed E-state index contributed by atoms with van der Waals surface area (Å²) in [6, 6.07) is 7.78. The van der Waals surface area contributed by atoms with E-state index in [0.29, 0.717) is 6.54 Å². The zero-order valence-corrected chi connectivity index (χ0v) is 14.3. The van der Waals surface area contributed by atoms with Crippen LogP contribution in [-0.4, -0.2) is 39.1 Å². The number of nitrogens with one attached hydrogen (secondary N) is 1. The molecule has 0 spiro atoms. The van der Waals surface area contributed by atoms with Gasteiger partial charge in [0.2, 0.25) is 11.8 Å². The molecule has 0 bridgehead atoms. The molecule has 2 aliphatic rings. The van der Waals surface area contributed by atoms with Crippen LogP contribution in [0.4, 0.5) is 5.69 Å². The van der Waals surface area contributed by atoms with E-state index < -0.39 is 0 Å². The smallest absolute Gasteiger partial charge is 0.232 e. The quantitative estimate of drug-likeness (QED) is 0.930. The monoisotopic (exact) mass is 338 g/mol. The number of fused-ring (bicyclic) bond motifs is 1. The van der Waals surface area contributed by atoms with Gasteiger partial charge in [-0.15, -0.1) is 0 Å². The minimum absolute atomic E-state index is 0.0585. The zero-order chi connectivity index (χ0) is 17.4. The second-order valence-corrected chi connectivity index (χ2v) is 6.96. The van der Waals surface area contributed by atoms with E-state index in [4.69, 9.17) is 0 Å². The molecule has 2 unspecified atom stereocenters. The maximum absolute atomic E-state index is 12.9. The van der Waals surface area contributed by atoms with E-state index in [1.807, 2.05) is 53.2 Å². The van der Waals surface area contributed by atoms with E-state index in [-0.39, 0.29) is 30.2 Å². The van der Waals surface area contributed by atoms with Gasteiger partial charge in [0.1, 0.15) is 0 Å². The Morgan fingerprint density at radius 1 is 1.36 bits per heavy atom. The predicted molar refractivity (Wildman–Crippen MR) is 94.1 cm³/mol. The summed E-state index contributed by atoms with van der Waals surface area (Å²) in [5.41, 5.74) is 2.88. The highest BCUT2D eigenvalue weighted by Crippen LogP contribution is 2.35. The van der Waals surface area contributed by atoms with Gasteiger partial charge in [-0.05, 0) is 37.0 Å². The molecule has 6 heteroatoms. The summed E-state index contributed by atoms with van der Waals surface area (Å²) < 4.78 is 1.91. The molecular formula is C19H22N4O2. The van der Waals surface area contributed by atoms with Gasteiger partial charge in [0.25, 0.3) is 0 Å². The molecule has 1 aromatic carbocycles. The summed E-state index contributed by atoms with van der Waals surface area (Å²) in [6.45, 7) is 3.49. The number of nitrogens with zero attached hydrogens (tertiary/aromatic N) is 3. The molecule has 1 N–H and O–H groups in total. The average molecular weight is 338 g/mol. The van der Waals surface area contributed by atoms with E-state index in [2.05, 4.69) is 10.4 Å². The molecule has 1 saturated heterocycles. The summed E-state index contributed by atoms with van der Waals surface area (Å²) in [7, 11) is 0. The number of rotatable bonds is 4. The van der Waals surface area contributed by atoms with Gasteiger partial charge < -0.3 is 10.2 Å². The Morgan fingerprint density at radius 2 is 2.20 bits per heavy atom.